The molecule has 0 spiro atoms. The van der Waals surface area contributed by atoms with E-state index in [1.807, 2.05) is 6.07 Å². The SMILES string of the molecule is O=C(N[C@H]1C2CNC[C@@H]21)[C@H](c1ccccc1)C1CCCCC1. The molecule has 1 unspecified atom stereocenters. The maximum atomic E-state index is 13.0. The molecule has 1 aromatic rings. The molecule has 0 aromatic heterocycles. The second kappa shape index (κ2) is 6.04. The number of benzene rings is 1. The molecule has 2 N–H and O–H groups in total. The zero-order chi connectivity index (χ0) is 14.9. The summed E-state index contributed by atoms with van der Waals surface area (Å²) in [6.45, 7) is 2.16. The molecule has 118 valence electrons. The van der Waals surface area contributed by atoms with Crippen LogP contribution in [0.4, 0.5) is 0 Å². The Morgan fingerprint density at radius 3 is 2.41 bits per heavy atom. The van der Waals surface area contributed by atoms with Gasteiger partial charge in [0, 0.05) is 19.1 Å². The first-order chi connectivity index (χ1) is 10.8. The lowest BCUT2D eigenvalue weighted by atomic mass is 9.76. The topological polar surface area (TPSA) is 41.1 Å². The first-order valence-corrected chi connectivity index (χ1v) is 8.90. The number of rotatable bonds is 4. The van der Waals surface area contributed by atoms with Gasteiger partial charge in [0.05, 0.1) is 5.92 Å². The molecule has 4 atom stereocenters. The van der Waals surface area contributed by atoms with Gasteiger partial charge in [-0.15, -0.1) is 0 Å². The van der Waals surface area contributed by atoms with E-state index >= 15 is 0 Å². The molecule has 1 aliphatic heterocycles. The molecule has 0 bridgehead atoms. The molecule has 1 saturated heterocycles. The first kappa shape index (κ1) is 14.3. The van der Waals surface area contributed by atoms with E-state index < -0.39 is 0 Å². The molecule has 1 aromatic carbocycles. The summed E-state index contributed by atoms with van der Waals surface area (Å²) in [7, 11) is 0. The monoisotopic (exact) mass is 298 g/mol. The van der Waals surface area contributed by atoms with E-state index in [2.05, 4.69) is 34.9 Å². The van der Waals surface area contributed by atoms with Crippen molar-refractivity contribution < 1.29 is 4.79 Å². The van der Waals surface area contributed by atoms with Crippen LogP contribution in [0.5, 0.6) is 0 Å². The number of hydrogen-bond acceptors (Lipinski definition) is 2. The summed E-state index contributed by atoms with van der Waals surface area (Å²) in [5, 5.41) is 6.77. The largest absolute Gasteiger partial charge is 0.352 e. The number of amides is 1. The van der Waals surface area contributed by atoms with E-state index in [1.54, 1.807) is 0 Å². The predicted molar refractivity (Wildman–Crippen MR) is 87.5 cm³/mol. The molecule has 2 aliphatic carbocycles. The van der Waals surface area contributed by atoms with Crippen molar-refractivity contribution >= 4 is 5.91 Å². The molecular formula is C19H26N2O. The smallest absolute Gasteiger partial charge is 0.228 e. The highest BCUT2D eigenvalue weighted by Crippen LogP contribution is 2.43. The highest BCUT2D eigenvalue weighted by atomic mass is 16.2. The lowest BCUT2D eigenvalue weighted by Crippen LogP contribution is -2.38. The Morgan fingerprint density at radius 1 is 1.05 bits per heavy atom. The summed E-state index contributed by atoms with van der Waals surface area (Å²) in [4.78, 5) is 13.0. The molecule has 1 heterocycles. The zero-order valence-electron chi connectivity index (χ0n) is 13.1. The van der Waals surface area contributed by atoms with Crippen molar-refractivity contribution in [2.45, 2.75) is 44.1 Å². The Labute approximate surface area is 132 Å². The Kier molecular flexibility index (Phi) is 3.91. The predicted octanol–water partition coefficient (Wildman–Crippen LogP) is 2.68. The number of piperidine rings is 1. The van der Waals surface area contributed by atoms with Gasteiger partial charge in [-0.2, -0.15) is 0 Å². The third kappa shape index (κ3) is 2.67. The molecule has 22 heavy (non-hydrogen) atoms. The Morgan fingerprint density at radius 2 is 1.73 bits per heavy atom. The van der Waals surface area contributed by atoms with E-state index in [-0.39, 0.29) is 11.8 Å². The second-order valence-corrected chi connectivity index (χ2v) is 7.31. The normalized spacial score (nSPS) is 32.3. The fourth-order valence-corrected chi connectivity index (χ4v) is 4.65. The summed E-state index contributed by atoms with van der Waals surface area (Å²) in [6.07, 6.45) is 6.29. The minimum atomic E-state index is 0.0517. The highest BCUT2D eigenvalue weighted by molar-refractivity contribution is 5.84. The average Bonchev–Trinajstić information content (AvgIpc) is 2.98. The molecule has 4 rings (SSSR count). The third-order valence-electron chi connectivity index (χ3n) is 5.96. The van der Waals surface area contributed by atoms with Gasteiger partial charge < -0.3 is 10.6 Å². The summed E-state index contributed by atoms with van der Waals surface area (Å²) < 4.78 is 0. The highest BCUT2D eigenvalue weighted by Gasteiger charge is 2.54. The summed E-state index contributed by atoms with van der Waals surface area (Å²) >= 11 is 0. The summed E-state index contributed by atoms with van der Waals surface area (Å²) in [5.41, 5.74) is 1.20. The quantitative estimate of drug-likeness (QED) is 0.897. The van der Waals surface area contributed by atoms with E-state index in [1.165, 1.54) is 37.7 Å². The van der Waals surface area contributed by atoms with Crippen molar-refractivity contribution in [2.75, 3.05) is 13.1 Å². The van der Waals surface area contributed by atoms with Gasteiger partial charge in [-0.25, -0.2) is 0 Å². The van der Waals surface area contributed by atoms with Gasteiger partial charge in [0.2, 0.25) is 5.91 Å². The third-order valence-corrected chi connectivity index (χ3v) is 5.96. The van der Waals surface area contributed by atoms with Crippen LogP contribution >= 0.6 is 0 Å². The summed E-state index contributed by atoms with van der Waals surface area (Å²) in [6, 6.07) is 10.9. The van der Waals surface area contributed by atoms with Gasteiger partial charge in [-0.1, -0.05) is 49.6 Å². The lowest BCUT2D eigenvalue weighted by Gasteiger charge is -2.30. The van der Waals surface area contributed by atoms with E-state index in [9.17, 15) is 4.79 Å². The van der Waals surface area contributed by atoms with Crippen LogP contribution in [-0.4, -0.2) is 25.0 Å². The zero-order valence-corrected chi connectivity index (χ0v) is 13.1. The molecule has 1 amide bonds. The van der Waals surface area contributed by atoms with Crippen LogP contribution in [0.15, 0.2) is 30.3 Å². The first-order valence-electron chi connectivity index (χ1n) is 8.90. The Balaban J connectivity index is 1.50. The Hall–Kier alpha value is -1.35. The van der Waals surface area contributed by atoms with Crippen molar-refractivity contribution in [1.29, 1.82) is 0 Å². The standard InChI is InChI=1S/C19H26N2O/c22-19(21-18-15-11-20-12-16(15)18)17(13-7-3-1-4-8-13)14-9-5-2-6-10-14/h1,3-4,7-8,14-18,20H,2,5-6,9-12H2,(H,21,22)/t15-,16?,17+,18+/m0/s1. The van der Waals surface area contributed by atoms with Gasteiger partial charge in [0.25, 0.3) is 0 Å². The number of hydrogen-bond donors (Lipinski definition) is 2. The van der Waals surface area contributed by atoms with E-state index in [0.29, 0.717) is 23.8 Å². The fraction of sp³-hybridized carbons (Fsp3) is 0.632. The average molecular weight is 298 g/mol. The van der Waals surface area contributed by atoms with Crippen LogP contribution in [0, 0.1) is 17.8 Å². The van der Waals surface area contributed by atoms with Gasteiger partial charge in [0.15, 0.2) is 0 Å². The van der Waals surface area contributed by atoms with Crippen molar-refractivity contribution in [3.05, 3.63) is 35.9 Å². The lowest BCUT2D eigenvalue weighted by molar-refractivity contribution is -0.124. The second-order valence-electron chi connectivity index (χ2n) is 7.31. The van der Waals surface area contributed by atoms with Crippen molar-refractivity contribution in [2.24, 2.45) is 17.8 Å². The maximum absolute atomic E-state index is 13.0. The maximum Gasteiger partial charge on any atom is 0.228 e. The van der Waals surface area contributed by atoms with E-state index in [4.69, 9.17) is 0 Å². The van der Waals surface area contributed by atoms with Crippen LogP contribution in [0.25, 0.3) is 0 Å². The van der Waals surface area contributed by atoms with Crippen LogP contribution in [0.1, 0.15) is 43.6 Å². The van der Waals surface area contributed by atoms with Crippen molar-refractivity contribution in [3.63, 3.8) is 0 Å². The van der Waals surface area contributed by atoms with Crippen molar-refractivity contribution in [3.8, 4) is 0 Å². The van der Waals surface area contributed by atoms with Crippen molar-refractivity contribution in [1.82, 2.24) is 10.6 Å². The number of nitrogens with one attached hydrogen (secondary N) is 2. The molecule has 2 saturated carbocycles. The molecule has 3 heteroatoms. The Bertz CT molecular complexity index is 513. The number of fused-ring (bicyclic) bond motifs is 1. The number of carbonyl (C=O) groups is 1. The van der Waals surface area contributed by atoms with Crippen LogP contribution < -0.4 is 10.6 Å². The van der Waals surface area contributed by atoms with Gasteiger partial charge in [0.1, 0.15) is 0 Å². The van der Waals surface area contributed by atoms with E-state index in [0.717, 1.165) is 13.1 Å². The molecule has 3 nitrogen and oxygen atoms in total. The molecular weight excluding hydrogens is 272 g/mol. The summed E-state index contributed by atoms with van der Waals surface area (Å²) in [5.74, 6) is 2.22. The molecule has 0 radical (unpaired) electrons. The fourth-order valence-electron chi connectivity index (χ4n) is 4.65. The van der Waals surface area contributed by atoms with Crippen LogP contribution in [-0.2, 0) is 4.79 Å². The van der Waals surface area contributed by atoms with Crippen LogP contribution in [0.2, 0.25) is 0 Å². The minimum absolute atomic E-state index is 0.0517. The van der Waals surface area contributed by atoms with Crippen LogP contribution in [0.3, 0.4) is 0 Å². The van der Waals surface area contributed by atoms with Gasteiger partial charge >= 0.3 is 0 Å². The minimum Gasteiger partial charge on any atom is -0.352 e. The van der Waals surface area contributed by atoms with Gasteiger partial charge in [-0.3, -0.25) is 4.79 Å². The molecule has 3 fully saturated rings. The number of carbonyl (C=O) groups excluding carboxylic acids is 1. The molecule has 3 aliphatic rings. The van der Waals surface area contributed by atoms with Gasteiger partial charge in [-0.05, 0) is 36.2 Å².